The van der Waals surface area contributed by atoms with Gasteiger partial charge in [0.2, 0.25) is 5.91 Å². The van der Waals surface area contributed by atoms with E-state index in [0.29, 0.717) is 11.8 Å². The Morgan fingerprint density at radius 3 is 2.21 bits per heavy atom. The van der Waals surface area contributed by atoms with Crippen LogP contribution in [-0.4, -0.2) is 54.6 Å². The predicted octanol–water partition coefficient (Wildman–Crippen LogP) is 3.76. The molecule has 4 nitrogen and oxygen atoms in total. The lowest BCUT2D eigenvalue weighted by Gasteiger charge is -2.35. The average molecular weight is 393 g/mol. The normalized spacial score (nSPS) is 23.4. The van der Waals surface area contributed by atoms with Gasteiger partial charge in [-0.05, 0) is 42.7 Å². The lowest BCUT2D eigenvalue weighted by atomic mass is 9.90. The minimum atomic E-state index is -0.0640. The van der Waals surface area contributed by atoms with E-state index >= 15 is 0 Å². The van der Waals surface area contributed by atoms with Crippen LogP contribution in [0.1, 0.15) is 30.4 Å². The topological polar surface area (TPSA) is 32.8 Å². The second kappa shape index (κ2) is 9.55. The number of piperidine rings is 1. The van der Waals surface area contributed by atoms with Crippen molar-refractivity contribution in [2.24, 2.45) is 5.92 Å². The first-order chi connectivity index (χ1) is 14.2. The fraction of sp³-hybridized carbons (Fsp3) is 0.480. The van der Waals surface area contributed by atoms with Crippen LogP contribution < -0.4 is 0 Å². The fourth-order valence-electron chi connectivity index (χ4n) is 4.80. The Morgan fingerprint density at radius 2 is 1.59 bits per heavy atom. The minimum absolute atomic E-state index is 0.0640. The standard InChI is InChI=1S/C25H32N2O2/c1-29-23-17-24(27(19-23)18-22-10-6-3-7-11-22)25(28)26-14-12-21(13-15-26)16-20-8-4-2-5-9-20/h2-11,21,23-24H,12-19H2,1H3/t23-,24+/m1/s1. The lowest BCUT2D eigenvalue weighted by molar-refractivity contribution is -0.137. The molecule has 154 valence electrons. The summed E-state index contributed by atoms with van der Waals surface area (Å²) >= 11 is 0. The van der Waals surface area contributed by atoms with E-state index in [1.807, 2.05) is 6.07 Å². The maximum absolute atomic E-state index is 13.4. The van der Waals surface area contributed by atoms with Crippen molar-refractivity contribution in [1.29, 1.82) is 0 Å². The zero-order valence-corrected chi connectivity index (χ0v) is 17.4. The number of amides is 1. The van der Waals surface area contributed by atoms with Crippen LogP contribution in [-0.2, 0) is 22.5 Å². The summed E-state index contributed by atoms with van der Waals surface area (Å²) in [4.78, 5) is 17.8. The highest BCUT2D eigenvalue weighted by Gasteiger charge is 2.39. The number of benzene rings is 2. The van der Waals surface area contributed by atoms with E-state index < -0.39 is 0 Å². The van der Waals surface area contributed by atoms with Crippen LogP contribution in [0, 0.1) is 5.92 Å². The van der Waals surface area contributed by atoms with Crippen LogP contribution in [0.15, 0.2) is 60.7 Å². The second-order valence-electron chi connectivity index (χ2n) is 8.48. The van der Waals surface area contributed by atoms with Crippen molar-refractivity contribution >= 4 is 5.91 Å². The van der Waals surface area contributed by atoms with Crippen molar-refractivity contribution in [2.75, 3.05) is 26.7 Å². The Kier molecular flexibility index (Phi) is 6.63. The summed E-state index contributed by atoms with van der Waals surface area (Å²) in [6.07, 6.45) is 4.26. The number of hydrogen-bond acceptors (Lipinski definition) is 3. The summed E-state index contributed by atoms with van der Waals surface area (Å²) in [7, 11) is 1.76. The molecule has 2 aromatic rings. The second-order valence-corrected chi connectivity index (χ2v) is 8.48. The van der Waals surface area contributed by atoms with Gasteiger partial charge in [0.1, 0.15) is 0 Å². The summed E-state index contributed by atoms with van der Waals surface area (Å²) in [6.45, 7) is 3.39. The molecule has 0 N–H and O–H groups in total. The van der Waals surface area contributed by atoms with Gasteiger partial charge in [0.05, 0.1) is 12.1 Å². The van der Waals surface area contributed by atoms with Crippen molar-refractivity contribution in [1.82, 2.24) is 9.80 Å². The molecule has 2 atom stereocenters. The van der Waals surface area contributed by atoms with Gasteiger partial charge in [-0.2, -0.15) is 0 Å². The molecule has 0 bridgehead atoms. The van der Waals surface area contributed by atoms with E-state index in [0.717, 1.165) is 51.9 Å². The van der Waals surface area contributed by atoms with Crippen molar-refractivity contribution in [3.05, 3.63) is 71.8 Å². The van der Waals surface area contributed by atoms with Gasteiger partial charge < -0.3 is 9.64 Å². The van der Waals surface area contributed by atoms with Crippen LogP contribution in [0.2, 0.25) is 0 Å². The minimum Gasteiger partial charge on any atom is -0.380 e. The molecule has 2 aliphatic rings. The SMILES string of the molecule is CO[C@@H]1C[C@@H](C(=O)N2CCC(Cc3ccccc3)CC2)N(Cc2ccccc2)C1. The molecule has 2 saturated heterocycles. The molecule has 0 unspecified atom stereocenters. The highest BCUT2D eigenvalue weighted by molar-refractivity contribution is 5.82. The molecule has 0 aromatic heterocycles. The number of hydrogen-bond donors (Lipinski definition) is 0. The highest BCUT2D eigenvalue weighted by Crippen LogP contribution is 2.27. The average Bonchev–Trinajstić information content (AvgIpc) is 3.18. The molecule has 2 fully saturated rings. The van der Waals surface area contributed by atoms with Crippen molar-refractivity contribution in [2.45, 2.75) is 44.4 Å². The fourth-order valence-corrected chi connectivity index (χ4v) is 4.80. The molecule has 0 aliphatic carbocycles. The molecule has 0 spiro atoms. The van der Waals surface area contributed by atoms with Crippen LogP contribution in [0.3, 0.4) is 0 Å². The molecule has 4 rings (SSSR count). The molecule has 2 aliphatic heterocycles. The molecule has 0 saturated carbocycles. The van der Waals surface area contributed by atoms with Gasteiger partial charge >= 0.3 is 0 Å². The van der Waals surface area contributed by atoms with Gasteiger partial charge in [-0.3, -0.25) is 9.69 Å². The summed E-state index contributed by atoms with van der Waals surface area (Å²) in [5.74, 6) is 0.968. The van der Waals surface area contributed by atoms with E-state index in [1.165, 1.54) is 11.1 Å². The largest absolute Gasteiger partial charge is 0.380 e. The van der Waals surface area contributed by atoms with Crippen LogP contribution in [0.25, 0.3) is 0 Å². The van der Waals surface area contributed by atoms with Gasteiger partial charge in [0, 0.05) is 33.3 Å². The summed E-state index contributed by atoms with van der Waals surface area (Å²) in [5.41, 5.74) is 2.66. The molecule has 4 heteroatoms. The van der Waals surface area contributed by atoms with Crippen LogP contribution >= 0.6 is 0 Å². The van der Waals surface area contributed by atoms with Gasteiger partial charge in [-0.1, -0.05) is 60.7 Å². The monoisotopic (exact) mass is 392 g/mol. The van der Waals surface area contributed by atoms with Gasteiger partial charge in [-0.15, -0.1) is 0 Å². The third kappa shape index (κ3) is 5.06. The van der Waals surface area contributed by atoms with E-state index in [-0.39, 0.29) is 12.1 Å². The third-order valence-corrected chi connectivity index (χ3v) is 6.51. The van der Waals surface area contributed by atoms with E-state index in [4.69, 9.17) is 4.74 Å². The maximum Gasteiger partial charge on any atom is 0.240 e. The number of methoxy groups -OCH3 is 1. The number of rotatable bonds is 6. The van der Waals surface area contributed by atoms with Crippen molar-refractivity contribution in [3.8, 4) is 0 Å². The Hall–Kier alpha value is -2.17. The van der Waals surface area contributed by atoms with Gasteiger partial charge in [-0.25, -0.2) is 0 Å². The lowest BCUT2D eigenvalue weighted by Crippen LogP contribution is -2.48. The van der Waals surface area contributed by atoms with E-state index in [1.54, 1.807) is 7.11 Å². The summed E-state index contributed by atoms with van der Waals surface area (Å²) in [5, 5.41) is 0. The first-order valence-electron chi connectivity index (χ1n) is 10.9. The molecule has 0 radical (unpaired) electrons. The Bertz CT molecular complexity index is 772. The third-order valence-electron chi connectivity index (χ3n) is 6.51. The molecular weight excluding hydrogens is 360 g/mol. The van der Waals surface area contributed by atoms with Crippen molar-refractivity contribution < 1.29 is 9.53 Å². The van der Waals surface area contributed by atoms with Gasteiger partial charge in [0.25, 0.3) is 0 Å². The first-order valence-corrected chi connectivity index (χ1v) is 10.9. The number of carbonyl (C=O) groups is 1. The van der Waals surface area contributed by atoms with Crippen LogP contribution in [0.4, 0.5) is 0 Å². The Balaban J connectivity index is 1.35. The Labute approximate surface area is 174 Å². The zero-order chi connectivity index (χ0) is 20.1. The molecule has 2 aromatic carbocycles. The van der Waals surface area contributed by atoms with Crippen LogP contribution in [0.5, 0.6) is 0 Å². The first kappa shape index (κ1) is 20.1. The van der Waals surface area contributed by atoms with E-state index in [2.05, 4.69) is 64.4 Å². The number of carbonyl (C=O) groups excluding carboxylic acids is 1. The molecule has 29 heavy (non-hydrogen) atoms. The zero-order valence-electron chi connectivity index (χ0n) is 17.4. The number of likely N-dealkylation sites (tertiary alicyclic amines) is 2. The van der Waals surface area contributed by atoms with Gasteiger partial charge in [0.15, 0.2) is 0 Å². The highest BCUT2D eigenvalue weighted by atomic mass is 16.5. The quantitative estimate of drug-likeness (QED) is 0.750. The predicted molar refractivity (Wildman–Crippen MR) is 116 cm³/mol. The number of nitrogens with zero attached hydrogens (tertiary/aromatic N) is 2. The summed E-state index contributed by atoms with van der Waals surface area (Å²) < 4.78 is 5.62. The summed E-state index contributed by atoms with van der Waals surface area (Å²) in [6, 6.07) is 21.1. The Morgan fingerprint density at radius 1 is 0.966 bits per heavy atom. The number of ether oxygens (including phenoxy) is 1. The smallest absolute Gasteiger partial charge is 0.240 e. The van der Waals surface area contributed by atoms with E-state index in [9.17, 15) is 4.79 Å². The maximum atomic E-state index is 13.4. The molecular formula is C25H32N2O2. The molecule has 1 amide bonds. The molecule has 2 heterocycles. The van der Waals surface area contributed by atoms with Crippen molar-refractivity contribution in [3.63, 3.8) is 0 Å².